The summed E-state index contributed by atoms with van der Waals surface area (Å²) < 4.78 is 28.4. The number of benzene rings is 1. The van der Waals surface area contributed by atoms with E-state index < -0.39 is 9.84 Å². The van der Waals surface area contributed by atoms with E-state index in [1.54, 1.807) is 23.1 Å². The minimum Gasteiger partial charge on any atom is -0.443 e. The van der Waals surface area contributed by atoms with Crippen LogP contribution >= 0.6 is 0 Å². The molecule has 7 heteroatoms. The van der Waals surface area contributed by atoms with E-state index in [1.165, 1.54) is 6.39 Å². The summed E-state index contributed by atoms with van der Waals surface area (Å²) in [5.74, 6) is 0.0394. The number of hydrogen-bond donors (Lipinski definition) is 0. The molecule has 3 rings (SSSR count). The molecule has 0 bridgehead atoms. The summed E-state index contributed by atoms with van der Waals surface area (Å²) in [6, 6.07) is 4.83. The van der Waals surface area contributed by atoms with E-state index in [0.717, 1.165) is 0 Å². The van der Waals surface area contributed by atoms with Gasteiger partial charge >= 0.3 is 0 Å². The predicted molar refractivity (Wildman–Crippen MR) is 77.8 cm³/mol. The minimum absolute atomic E-state index is 0.0527. The van der Waals surface area contributed by atoms with Gasteiger partial charge in [-0.25, -0.2) is 13.4 Å². The number of rotatable bonds is 3. The van der Waals surface area contributed by atoms with E-state index in [2.05, 4.69) is 4.98 Å². The van der Waals surface area contributed by atoms with Crippen LogP contribution in [0.1, 0.15) is 23.7 Å². The van der Waals surface area contributed by atoms with Crippen molar-refractivity contribution in [3.63, 3.8) is 0 Å². The van der Waals surface area contributed by atoms with Gasteiger partial charge in [-0.15, -0.1) is 0 Å². The number of carbonyl (C=O) groups excluding carboxylic acids is 1. The molecule has 1 aliphatic rings. The molecule has 0 N–H and O–H groups in total. The van der Waals surface area contributed by atoms with Crippen molar-refractivity contribution in [1.29, 1.82) is 0 Å². The predicted octanol–water partition coefficient (Wildman–Crippen LogP) is 1.48. The standard InChI is InChI=1S/C14H16N2O4S/c1-2-16(11-5-6-21(18,19)8-11)14(17)10-3-4-12-13(7-10)20-9-15-12/h3-4,7,9,11H,2,5-6,8H2,1H3. The number of sulfone groups is 1. The molecule has 1 atom stereocenters. The third-order valence-corrected chi connectivity index (χ3v) is 5.58. The smallest absolute Gasteiger partial charge is 0.254 e. The zero-order chi connectivity index (χ0) is 15.0. The van der Waals surface area contributed by atoms with E-state index in [0.29, 0.717) is 29.6 Å². The second-order valence-electron chi connectivity index (χ2n) is 5.18. The summed E-state index contributed by atoms with van der Waals surface area (Å²) >= 11 is 0. The Hall–Kier alpha value is -1.89. The van der Waals surface area contributed by atoms with Crippen molar-refractivity contribution in [2.45, 2.75) is 19.4 Å². The molecule has 0 aliphatic carbocycles. The van der Waals surface area contributed by atoms with Gasteiger partial charge in [0.05, 0.1) is 11.5 Å². The average Bonchev–Trinajstić information content (AvgIpc) is 3.05. The van der Waals surface area contributed by atoms with Gasteiger partial charge in [-0.1, -0.05) is 0 Å². The highest BCUT2D eigenvalue weighted by molar-refractivity contribution is 7.91. The highest BCUT2D eigenvalue weighted by Crippen LogP contribution is 2.21. The molecule has 0 saturated carbocycles. The van der Waals surface area contributed by atoms with Gasteiger partial charge < -0.3 is 9.32 Å². The van der Waals surface area contributed by atoms with Crippen LogP contribution in [0.25, 0.3) is 11.1 Å². The lowest BCUT2D eigenvalue weighted by atomic mass is 10.1. The highest BCUT2D eigenvalue weighted by atomic mass is 32.2. The Morgan fingerprint density at radius 3 is 2.95 bits per heavy atom. The van der Waals surface area contributed by atoms with Crippen LogP contribution in [0.5, 0.6) is 0 Å². The molecule has 1 saturated heterocycles. The summed E-state index contributed by atoms with van der Waals surface area (Å²) in [4.78, 5) is 18.2. The molecule has 0 spiro atoms. The molecule has 112 valence electrons. The van der Waals surface area contributed by atoms with E-state index in [-0.39, 0.29) is 23.5 Å². The summed E-state index contributed by atoms with van der Waals surface area (Å²) in [5.41, 5.74) is 1.74. The first-order valence-corrected chi connectivity index (χ1v) is 8.67. The van der Waals surface area contributed by atoms with E-state index >= 15 is 0 Å². The van der Waals surface area contributed by atoms with Crippen molar-refractivity contribution in [2.24, 2.45) is 0 Å². The number of aromatic nitrogens is 1. The van der Waals surface area contributed by atoms with Gasteiger partial charge in [0, 0.05) is 18.2 Å². The van der Waals surface area contributed by atoms with Crippen molar-refractivity contribution in [2.75, 3.05) is 18.1 Å². The Labute approximate surface area is 122 Å². The number of fused-ring (bicyclic) bond motifs is 1. The van der Waals surface area contributed by atoms with Crippen molar-refractivity contribution >= 4 is 26.8 Å². The summed E-state index contributed by atoms with van der Waals surface area (Å²) in [6.45, 7) is 2.34. The van der Waals surface area contributed by atoms with Gasteiger partial charge in [-0.05, 0) is 31.5 Å². The lowest BCUT2D eigenvalue weighted by Crippen LogP contribution is -2.40. The first-order chi connectivity index (χ1) is 10.00. The molecule has 1 fully saturated rings. The Morgan fingerprint density at radius 1 is 1.48 bits per heavy atom. The first kappa shape index (κ1) is 14.1. The lowest BCUT2D eigenvalue weighted by Gasteiger charge is -2.26. The second kappa shape index (κ2) is 5.14. The molecular formula is C14H16N2O4S. The van der Waals surface area contributed by atoms with Crippen LogP contribution in [0.2, 0.25) is 0 Å². The van der Waals surface area contributed by atoms with Crippen LogP contribution in [-0.4, -0.2) is 48.3 Å². The maximum absolute atomic E-state index is 12.6. The van der Waals surface area contributed by atoms with Crippen LogP contribution < -0.4 is 0 Å². The average molecular weight is 308 g/mol. The normalized spacial score (nSPS) is 20.7. The summed E-state index contributed by atoms with van der Waals surface area (Å²) in [6.07, 6.45) is 1.84. The zero-order valence-electron chi connectivity index (χ0n) is 11.7. The maximum atomic E-state index is 12.6. The number of carbonyl (C=O) groups is 1. The topological polar surface area (TPSA) is 80.5 Å². The Kier molecular flexibility index (Phi) is 3.44. The third-order valence-electron chi connectivity index (χ3n) is 3.83. The van der Waals surface area contributed by atoms with E-state index in [4.69, 9.17) is 4.42 Å². The Morgan fingerprint density at radius 2 is 2.29 bits per heavy atom. The van der Waals surface area contributed by atoms with Crippen LogP contribution in [-0.2, 0) is 9.84 Å². The fourth-order valence-electron chi connectivity index (χ4n) is 2.74. The van der Waals surface area contributed by atoms with Crippen LogP contribution in [0.15, 0.2) is 29.0 Å². The zero-order valence-corrected chi connectivity index (χ0v) is 12.5. The van der Waals surface area contributed by atoms with Crippen molar-refractivity contribution in [3.05, 3.63) is 30.2 Å². The van der Waals surface area contributed by atoms with Gasteiger partial charge in [-0.2, -0.15) is 0 Å². The molecule has 1 aromatic carbocycles. The molecule has 1 amide bonds. The van der Waals surface area contributed by atoms with Gasteiger partial charge in [0.25, 0.3) is 5.91 Å². The summed E-state index contributed by atoms with van der Waals surface area (Å²) in [7, 11) is -3.01. The van der Waals surface area contributed by atoms with Crippen molar-refractivity contribution < 1.29 is 17.6 Å². The van der Waals surface area contributed by atoms with Crippen LogP contribution in [0, 0.1) is 0 Å². The lowest BCUT2D eigenvalue weighted by molar-refractivity contribution is 0.0708. The van der Waals surface area contributed by atoms with E-state index in [1.807, 2.05) is 6.92 Å². The third kappa shape index (κ3) is 2.65. The fraction of sp³-hybridized carbons (Fsp3) is 0.429. The molecule has 1 aliphatic heterocycles. The molecule has 2 aromatic rings. The Balaban J connectivity index is 1.88. The number of hydrogen-bond acceptors (Lipinski definition) is 5. The molecular weight excluding hydrogens is 292 g/mol. The minimum atomic E-state index is -3.01. The highest BCUT2D eigenvalue weighted by Gasteiger charge is 2.34. The van der Waals surface area contributed by atoms with Crippen LogP contribution in [0.4, 0.5) is 0 Å². The second-order valence-corrected chi connectivity index (χ2v) is 7.41. The van der Waals surface area contributed by atoms with Gasteiger partial charge in [0.1, 0.15) is 5.52 Å². The number of amides is 1. The summed E-state index contributed by atoms with van der Waals surface area (Å²) in [5, 5.41) is 0. The van der Waals surface area contributed by atoms with Crippen molar-refractivity contribution in [1.82, 2.24) is 9.88 Å². The quantitative estimate of drug-likeness (QED) is 0.858. The largest absolute Gasteiger partial charge is 0.443 e. The van der Waals surface area contributed by atoms with Crippen LogP contribution in [0.3, 0.4) is 0 Å². The molecule has 0 radical (unpaired) electrons. The molecule has 1 unspecified atom stereocenters. The van der Waals surface area contributed by atoms with Gasteiger partial charge in [-0.3, -0.25) is 4.79 Å². The maximum Gasteiger partial charge on any atom is 0.254 e. The Bertz CT molecular complexity index is 781. The van der Waals surface area contributed by atoms with Gasteiger partial charge in [0.2, 0.25) is 0 Å². The van der Waals surface area contributed by atoms with Crippen molar-refractivity contribution in [3.8, 4) is 0 Å². The molecule has 21 heavy (non-hydrogen) atoms. The molecule has 1 aromatic heterocycles. The first-order valence-electron chi connectivity index (χ1n) is 6.85. The van der Waals surface area contributed by atoms with Gasteiger partial charge in [0.15, 0.2) is 21.8 Å². The molecule has 2 heterocycles. The number of nitrogens with zero attached hydrogens (tertiary/aromatic N) is 2. The monoisotopic (exact) mass is 308 g/mol. The molecule has 6 nitrogen and oxygen atoms in total. The number of oxazole rings is 1. The fourth-order valence-corrected chi connectivity index (χ4v) is 4.47. The SMILES string of the molecule is CCN(C(=O)c1ccc2ncoc2c1)C1CCS(=O)(=O)C1. The van der Waals surface area contributed by atoms with E-state index in [9.17, 15) is 13.2 Å².